The Morgan fingerprint density at radius 3 is 2.61 bits per heavy atom. The molecule has 0 aromatic rings. The molecule has 2 rings (SSSR count). The van der Waals surface area contributed by atoms with Crippen molar-refractivity contribution in [3.05, 3.63) is 11.6 Å². The summed E-state index contributed by atoms with van der Waals surface area (Å²) in [5.74, 6) is -0.799. The van der Waals surface area contributed by atoms with Crippen molar-refractivity contribution in [1.82, 2.24) is 0 Å². The Bertz CT molecular complexity index is 472. The predicted molar refractivity (Wildman–Crippen MR) is 88.9 cm³/mol. The normalized spacial score (nSPS) is 28.1. The van der Waals surface area contributed by atoms with Crippen molar-refractivity contribution in [2.75, 3.05) is 0 Å². The number of aliphatic hydroxyl groups is 1. The SMILES string of the molecule is CC(C)(C)OC(=O)C1CCC(CCCCC2=CC(O)CC2)C1=O. The fourth-order valence-electron chi connectivity index (χ4n) is 3.55. The van der Waals surface area contributed by atoms with Gasteiger partial charge in [-0.3, -0.25) is 9.59 Å². The van der Waals surface area contributed by atoms with Crippen molar-refractivity contribution >= 4 is 11.8 Å². The Hall–Kier alpha value is -1.16. The average molecular weight is 322 g/mol. The van der Waals surface area contributed by atoms with Crippen LogP contribution in [-0.2, 0) is 14.3 Å². The number of carbonyl (C=O) groups excluding carboxylic acids is 2. The second kappa shape index (κ2) is 7.61. The van der Waals surface area contributed by atoms with Gasteiger partial charge in [-0.25, -0.2) is 0 Å². The van der Waals surface area contributed by atoms with Gasteiger partial charge < -0.3 is 9.84 Å². The minimum Gasteiger partial charge on any atom is -0.459 e. The van der Waals surface area contributed by atoms with Crippen molar-refractivity contribution in [3.63, 3.8) is 0 Å². The lowest BCUT2D eigenvalue weighted by molar-refractivity contribution is -0.161. The first-order valence-corrected chi connectivity index (χ1v) is 8.90. The topological polar surface area (TPSA) is 63.6 Å². The van der Waals surface area contributed by atoms with Crippen LogP contribution < -0.4 is 0 Å². The number of hydrogen-bond acceptors (Lipinski definition) is 4. The number of allylic oxidation sites excluding steroid dienone is 1. The largest absolute Gasteiger partial charge is 0.459 e. The Morgan fingerprint density at radius 1 is 1.26 bits per heavy atom. The van der Waals surface area contributed by atoms with Crippen molar-refractivity contribution < 1.29 is 19.4 Å². The third-order valence-electron chi connectivity index (χ3n) is 4.73. The summed E-state index contributed by atoms with van der Waals surface area (Å²) in [4.78, 5) is 24.5. The summed E-state index contributed by atoms with van der Waals surface area (Å²) >= 11 is 0. The Morgan fingerprint density at radius 2 is 2.00 bits per heavy atom. The maximum absolute atomic E-state index is 12.4. The number of ether oxygens (including phenoxy) is 1. The molecule has 0 bridgehead atoms. The zero-order valence-electron chi connectivity index (χ0n) is 14.6. The van der Waals surface area contributed by atoms with Crippen molar-refractivity contribution in [2.45, 2.75) is 83.8 Å². The highest BCUT2D eigenvalue weighted by Crippen LogP contribution is 2.33. The molecule has 2 aliphatic rings. The Kier molecular flexibility index (Phi) is 6.01. The van der Waals surface area contributed by atoms with Gasteiger partial charge in [0.05, 0.1) is 6.10 Å². The van der Waals surface area contributed by atoms with Gasteiger partial charge in [-0.15, -0.1) is 0 Å². The molecule has 0 radical (unpaired) electrons. The molecule has 0 amide bonds. The molecule has 0 aliphatic heterocycles. The maximum Gasteiger partial charge on any atom is 0.317 e. The minimum atomic E-state index is -0.549. The van der Waals surface area contributed by atoms with Crippen molar-refractivity contribution in [1.29, 1.82) is 0 Å². The molecule has 0 aromatic heterocycles. The molecule has 3 atom stereocenters. The molecule has 0 spiro atoms. The van der Waals surface area contributed by atoms with E-state index in [4.69, 9.17) is 4.74 Å². The molecule has 4 heteroatoms. The summed E-state index contributed by atoms with van der Waals surface area (Å²) in [6, 6.07) is 0. The third-order valence-corrected chi connectivity index (χ3v) is 4.73. The molecular formula is C19H30O4. The van der Waals surface area contributed by atoms with E-state index in [1.165, 1.54) is 5.57 Å². The highest BCUT2D eigenvalue weighted by atomic mass is 16.6. The van der Waals surface area contributed by atoms with Crippen LogP contribution in [0.1, 0.15) is 72.1 Å². The summed E-state index contributed by atoms with van der Waals surface area (Å²) in [5, 5.41) is 9.46. The number of hydrogen-bond donors (Lipinski definition) is 1. The molecule has 23 heavy (non-hydrogen) atoms. The van der Waals surface area contributed by atoms with Gasteiger partial charge in [0.15, 0.2) is 0 Å². The first kappa shape index (κ1) is 18.2. The zero-order chi connectivity index (χ0) is 17.0. The summed E-state index contributed by atoms with van der Waals surface area (Å²) < 4.78 is 5.35. The van der Waals surface area contributed by atoms with Gasteiger partial charge in [0.25, 0.3) is 0 Å². The molecule has 130 valence electrons. The highest BCUT2D eigenvalue weighted by molar-refractivity contribution is 6.01. The van der Waals surface area contributed by atoms with E-state index in [2.05, 4.69) is 0 Å². The molecule has 1 fully saturated rings. The van der Waals surface area contributed by atoms with Gasteiger partial charge in [0, 0.05) is 5.92 Å². The standard InChI is InChI=1S/C19H30O4/c1-19(2,3)23-18(22)16-11-9-14(17(16)21)7-5-4-6-13-8-10-15(20)12-13/h12,14-16,20H,4-11H2,1-3H3. The molecular weight excluding hydrogens is 292 g/mol. The number of Topliss-reactive ketones (excluding diaryl/α,β-unsaturated/α-hetero) is 1. The van der Waals surface area contributed by atoms with Gasteiger partial charge in [0.1, 0.15) is 17.3 Å². The van der Waals surface area contributed by atoms with Crippen LogP contribution in [0.25, 0.3) is 0 Å². The van der Waals surface area contributed by atoms with Crippen LogP contribution in [0, 0.1) is 11.8 Å². The van der Waals surface area contributed by atoms with E-state index in [1.54, 1.807) is 0 Å². The molecule has 4 nitrogen and oxygen atoms in total. The Labute approximate surface area is 139 Å². The quantitative estimate of drug-likeness (QED) is 0.351. The van der Waals surface area contributed by atoms with Crippen LogP contribution in [0.15, 0.2) is 11.6 Å². The van der Waals surface area contributed by atoms with Gasteiger partial charge in [-0.05, 0) is 65.7 Å². The predicted octanol–water partition coefficient (Wildman–Crippen LogP) is 3.56. The smallest absolute Gasteiger partial charge is 0.317 e. The lowest BCUT2D eigenvalue weighted by Gasteiger charge is -2.21. The summed E-state index contributed by atoms with van der Waals surface area (Å²) in [6.45, 7) is 5.49. The van der Waals surface area contributed by atoms with Gasteiger partial charge >= 0.3 is 5.97 Å². The molecule has 1 N–H and O–H groups in total. The fourth-order valence-corrected chi connectivity index (χ4v) is 3.55. The molecule has 0 heterocycles. The van der Waals surface area contributed by atoms with Gasteiger partial charge in [0.2, 0.25) is 0 Å². The molecule has 2 aliphatic carbocycles. The lowest BCUT2D eigenvalue weighted by Crippen LogP contribution is -2.31. The molecule has 3 unspecified atom stereocenters. The molecule has 0 aromatic carbocycles. The van der Waals surface area contributed by atoms with E-state index in [0.717, 1.165) is 44.9 Å². The van der Waals surface area contributed by atoms with Gasteiger partial charge in [-0.1, -0.05) is 18.1 Å². The van der Waals surface area contributed by atoms with Crippen LogP contribution >= 0.6 is 0 Å². The molecule has 0 saturated heterocycles. The molecule has 1 saturated carbocycles. The summed E-state index contributed by atoms with van der Waals surface area (Å²) in [6.07, 6.45) is 8.97. The van der Waals surface area contributed by atoms with Gasteiger partial charge in [-0.2, -0.15) is 0 Å². The number of unbranched alkanes of at least 4 members (excludes halogenated alkanes) is 1. The van der Waals surface area contributed by atoms with E-state index in [0.29, 0.717) is 6.42 Å². The van der Waals surface area contributed by atoms with Crippen LogP contribution in [0.3, 0.4) is 0 Å². The van der Waals surface area contributed by atoms with E-state index in [9.17, 15) is 14.7 Å². The zero-order valence-corrected chi connectivity index (χ0v) is 14.6. The fraction of sp³-hybridized carbons (Fsp3) is 0.789. The minimum absolute atomic E-state index is 0.0238. The number of rotatable bonds is 6. The van der Waals surface area contributed by atoms with Crippen LogP contribution in [0.4, 0.5) is 0 Å². The second-order valence-electron chi connectivity index (χ2n) is 7.94. The van der Waals surface area contributed by atoms with E-state index in [1.807, 2.05) is 26.8 Å². The maximum atomic E-state index is 12.4. The summed E-state index contributed by atoms with van der Waals surface area (Å²) in [7, 11) is 0. The lowest BCUT2D eigenvalue weighted by atomic mass is 9.96. The first-order valence-electron chi connectivity index (χ1n) is 8.90. The monoisotopic (exact) mass is 322 g/mol. The number of esters is 1. The van der Waals surface area contributed by atoms with Crippen molar-refractivity contribution in [3.8, 4) is 0 Å². The van der Waals surface area contributed by atoms with Crippen LogP contribution in [0.2, 0.25) is 0 Å². The average Bonchev–Trinajstić information content (AvgIpc) is 3.00. The highest BCUT2D eigenvalue weighted by Gasteiger charge is 2.40. The Balaban J connectivity index is 1.70. The summed E-state index contributed by atoms with van der Waals surface area (Å²) in [5.41, 5.74) is 0.816. The van der Waals surface area contributed by atoms with E-state index < -0.39 is 11.5 Å². The number of carbonyl (C=O) groups is 2. The van der Waals surface area contributed by atoms with Crippen molar-refractivity contribution in [2.24, 2.45) is 11.8 Å². The van der Waals surface area contributed by atoms with E-state index in [-0.39, 0.29) is 23.8 Å². The van der Waals surface area contributed by atoms with Crippen LogP contribution in [0.5, 0.6) is 0 Å². The third kappa shape index (κ3) is 5.45. The second-order valence-corrected chi connectivity index (χ2v) is 7.94. The number of aliphatic hydroxyl groups excluding tert-OH is 1. The van der Waals surface area contributed by atoms with E-state index >= 15 is 0 Å². The first-order chi connectivity index (χ1) is 10.8. The number of ketones is 1. The van der Waals surface area contributed by atoms with Crippen LogP contribution in [-0.4, -0.2) is 28.6 Å².